The van der Waals surface area contributed by atoms with Crippen molar-refractivity contribution in [2.75, 3.05) is 24.0 Å². The molecule has 0 aliphatic carbocycles. The van der Waals surface area contributed by atoms with Gasteiger partial charge in [-0.15, -0.1) is 0 Å². The molecule has 0 saturated carbocycles. The normalized spacial score (nSPS) is 12.1. The second-order valence-electron chi connectivity index (χ2n) is 5.61. The van der Waals surface area contributed by atoms with Gasteiger partial charge >= 0.3 is 0 Å². The molecule has 0 radical (unpaired) electrons. The average Bonchev–Trinajstić information content (AvgIpc) is 2.98. The van der Waals surface area contributed by atoms with Gasteiger partial charge in [-0.2, -0.15) is 0 Å². The molecule has 3 rings (SSSR count). The molecule has 1 aliphatic heterocycles. The van der Waals surface area contributed by atoms with E-state index in [2.05, 4.69) is 16.7 Å². The molecule has 2 N–H and O–H groups in total. The van der Waals surface area contributed by atoms with Crippen LogP contribution in [0, 0.1) is 13.8 Å². The Hall–Kier alpha value is -2.69. The van der Waals surface area contributed by atoms with E-state index in [-0.39, 0.29) is 12.7 Å². The third kappa shape index (κ3) is 3.74. The van der Waals surface area contributed by atoms with Crippen LogP contribution in [-0.4, -0.2) is 19.2 Å². The molecule has 1 heterocycles. The number of nitrogens with one attached hydrogen (secondary N) is 2. The highest BCUT2D eigenvalue weighted by molar-refractivity contribution is 5.91. The summed E-state index contributed by atoms with van der Waals surface area (Å²) in [6, 6.07) is 11.6. The van der Waals surface area contributed by atoms with Crippen LogP contribution in [-0.2, 0) is 4.79 Å². The largest absolute Gasteiger partial charge is 0.454 e. The van der Waals surface area contributed by atoms with E-state index in [1.807, 2.05) is 44.2 Å². The van der Waals surface area contributed by atoms with Crippen molar-refractivity contribution < 1.29 is 14.3 Å². The number of hydrogen-bond acceptors (Lipinski definition) is 4. The summed E-state index contributed by atoms with van der Waals surface area (Å²) in [4.78, 5) is 12.0. The van der Waals surface area contributed by atoms with Gasteiger partial charge < -0.3 is 20.1 Å². The van der Waals surface area contributed by atoms with Crippen LogP contribution in [0.15, 0.2) is 36.4 Å². The Balaban J connectivity index is 1.49. The molecule has 5 nitrogen and oxygen atoms in total. The molecule has 0 unspecified atom stereocenters. The minimum atomic E-state index is -0.00908. The summed E-state index contributed by atoms with van der Waals surface area (Å²) in [6.45, 7) is 4.84. The van der Waals surface area contributed by atoms with Crippen LogP contribution >= 0.6 is 0 Å². The summed E-state index contributed by atoms with van der Waals surface area (Å²) in [5, 5.41) is 6.16. The first-order valence-electron chi connectivity index (χ1n) is 7.62. The smallest absolute Gasteiger partial charge is 0.231 e. The van der Waals surface area contributed by atoms with Crippen LogP contribution in [0.3, 0.4) is 0 Å². The predicted molar refractivity (Wildman–Crippen MR) is 90.2 cm³/mol. The highest BCUT2D eigenvalue weighted by Crippen LogP contribution is 2.34. The van der Waals surface area contributed by atoms with Crippen molar-refractivity contribution in [2.24, 2.45) is 0 Å². The first kappa shape index (κ1) is 15.2. The van der Waals surface area contributed by atoms with Crippen LogP contribution in [0.2, 0.25) is 0 Å². The zero-order valence-electron chi connectivity index (χ0n) is 13.3. The van der Waals surface area contributed by atoms with Crippen molar-refractivity contribution in [1.82, 2.24) is 0 Å². The molecule has 0 spiro atoms. The lowest BCUT2D eigenvalue weighted by Gasteiger charge is -2.10. The Morgan fingerprint density at radius 3 is 2.74 bits per heavy atom. The van der Waals surface area contributed by atoms with Crippen molar-refractivity contribution in [3.05, 3.63) is 47.5 Å². The summed E-state index contributed by atoms with van der Waals surface area (Å²) in [7, 11) is 0. The van der Waals surface area contributed by atoms with Crippen molar-refractivity contribution in [3.8, 4) is 11.5 Å². The van der Waals surface area contributed by atoms with E-state index < -0.39 is 0 Å². The Morgan fingerprint density at radius 1 is 1.09 bits per heavy atom. The molecule has 1 aliphatic rings. The number of benzene rings is 2. The highest BCUT2D eigenvalue weighted by Gasteiger charge is 2.13. The molecule has 0 saturated heterocycles. The molecule has 5 heteroatoms. The maximum Gasteiger partial charge on any atom is 0.231 e. The maximum atomic E-state index is 12.0. The third-order valence-electron chi connectivity index (χ3n) is 3.71. The molecule has 0 fully saturated rings. The van der Waals surface area contributed by atoms with Gasteiger partial charge in [-0.1, -0.05) is 17.7 Å². The van der Waals surface area contributed by atoms with Gasteiger partial charge in [0.15, 0.2) is 11.5 Å². The fourth-order valence-electron chi connectivity index (χ4n) is 2.49. The van der Waals surface area contributed by atoms with E-state index in [1.165, 1.54) is 5.56 Å². The van der Waals surface area contributed by atoms with Gasteiger partial charge in [0, 0.05) is 30.4 Å². The lowest BCUT2D eigenvalue weighted by atomic mass is 10.1. The van der Waals surface area contributed by atoms with Gasteiger partial charge in [-0.3, -0.25) is 4.79 Å². The minimum absolute atomic E-state index is 0.00908. The molecule has 0 aromatic heterocycles. The number of hydrogen-bond donors (Lipinski definition) is 2. The molecule has 2 aromatic carbocycles. The van der Waals surface area contributed by atoms with Crippen LogP contribution in [0.4, 0.5) is 11.4 Å². The van der Waals surface area contributed by atoms with Crippen LogP contribution in [0.5, 0.6) is 11.5 Å². The van der Waals surface area contributed by atoms with E-state index in [0.717, 1.165) is 28.4 Å². The molecule has 120 valence electrons. The van der Waals surface area contributed by atoms with Crippen molar-refractivity contribution >= 4 is 17.3 Å². The summed E-state index contributed by atoms with van der Waals surface area (Å²) in [6.07, 6.45) is 0.391. The van der Waals surface area contributed by atoms with E-state index in [4.69, 9.17) is 9.47 Å². The van der Waals surface area contributed by atoms with E-state index in [9.17, 15) is 4.79 Å². The van der Waals surface area contributed by atoms with Gasteiger partial charge in [-0.05, 0) is 37.6 Å². The summed E-state index contributed by atoms with van der Waals surface area (Å²) >= 11 is 0. The van der Waals surface area contributed by atoms with E-state index in [0.29, 0.717) is 13.0 Å². The zero-order valence-corrected chi connectivity index (χ0v) is 13.3. The Bertz CT molecular complexity index is 728. The lowest BCUT2D eigenvalue weighted by Crippen LogP contribution is -2.16. The Kier molecular flexibility index (Phi) is 4.37. The SMILES string of the molecule is Cc1ccc(NC(=O)CCNc2ccc3c(c2)OCO3)c(C)c1. The number of fused-ring (bicyclic) bond motifs is 1. The van der Waals surface area contributed by atoms with Crippen molar-refractivity contribution in [3.63, 3.8) is 0 Å². The topological polar surface area (TPSA) is 59.6 Å². The summed E-state index contributed by atoms with van der Waals surface area (Å²) in [5.74, 6) is 1.48. The second-order valence-corrected chi connectivity index (χ2v) is 5.61. The molecule has 0 bridgehead atoms. The van der Waals surface area contributed by atoms with E-state index >= 15 is 0 Å². The van der Waals surface area contributed by atoms with Crippen LogP contribution in [0.25, 0.3) is 0 Å². The standard InChI is InChI=1S/C18H20N2O3/c1-12-3-5-15(13(2)9-12)20-18(21)7-8-19-14-4-6-16-17(10-14)23-11-22-16/h3-6,9-10,19H,7-8,11H2,1-2H3,(H,20,21). The quantitative estimate of drug-likeness (QED) is 0.887. The zero-order chi connectivity index (χ0) is 16.2. The van der Waals surface area contributed by atoms with Gasteiger partial charge in [0.05, 0.1) is 0 Å². The van der Waals surface area contributed by atoms with Crippen molar-refractivity contribution in [1.29, 1.82) is 0 Å². The number of ether oxygens (including phenoxy) is 2. The van der Waals surface area contributed by atoms with Crippen molar-refractivity contribution in [2.45, 2.75) is 20.3 Å². The molecule has 0 atom stereocenters. The Morgan fingerprint density at radius 2 is 1.91 bits per heavy atom. The summed E-state index contributed by atoms with van der Waals surface area (Å²) in [5.41, 5.74) is 4.03. The lowest BCUT2D eigenvalue weighted by molar-refractivity contribution is -0.115. The number of rotatable bonds is 5. The molecule has 1 amide bonds. The second kappa shape index (κ2) is 6.60. The first-order valence-corrected chi connectivity index (χ1v) is 7.62. The van der Waals surface area contributed by atoms with Crippen LogP contribution < -0.4 is 20.1 Å². The third-order valence-corrected chi connectivity index (χ3v) is 3.71. The number of amides is 1. The minimum Gasteiger partial charge on any atom is -0.454 e. The number of carbonyl (C=O) groups is 1. The number of anilines is 2. The average molecular weight is 312 g/mol. The van der Waals surface area contributed by atoms with Crippen LogP contribution in [0.1, 0.15) is 17.5 Å². The van der Waals surface area contributed by atoms with Gasteiger partial charge in [-0.25, -0.2) is 0 Å². The fraction of sp³-hybridized carbons (Fsp3) is 0.278. The number of aryl methyl sites for hydroxylation is 2. The fourth-order valence-corrected chi connectivity index (χ4v) is 2.49. The van der Waals surface area contributed by atoms with Gasteiger partial charge in [0.2, 0.25) is 12.7 Å². The maximum absolute atomic E-state index is 12.0. The molecule has 2 aromatic rings. The highest BCUT2D eigenvalue weighted by atomic mass is 16.7. The molecule has 23 heavy (non-hydrogen) atoms. The molecular weight excluding hydrogens is 292 g/mol. The Labute approximate surface area is 135 Å². The number of carbonyl (C=O) groups excluding carboxylic acids is 1. The van der Waals surface area contributed by atoms with Gasteiger partial charge in [0.25, 0.3) is 0 Å². The predicted octanol–water partition coefficient (Wildman–Crippen LogP) is 3.47. The van der Waals surface area contributed by atoms with Gasteiger partial charge in [0.1, 0.15) is 0 Å². The molecular formula is C18H20N2O3. The summed E-state index contributed by atoms with van der Waals surface area (Å²) < 4.78 is 10.6. The van der Waals surface area contributed by atoms with E-state index in [1.54, 1.807) is 0 Å². The monoisotopic (exact) mass is 312 g/mol. The first-order chi connectivity index (χ1) is 11.1.